The maximum atomic E-state index is 6.68. The Morgan fingerprint density at radius 2 is 1.02 bits per heavy atom. The lowest BCUT2D eigenvalue weighted by Gasteiger charge is -2.13. The molecule has 0 unspecified atom stereocenters. The van der Waals surface area contributed by atoms with Crippen molar-refractivity contribution in [3.8, 4) is 39.9 Å². The molecular formula is C39H30B6N4O. The van der Waals surface area contributed by atoms with E-state index < -0.39 is 0 Å². The second-order valence-electron chi connectivity index (χ2n) is 13.6. The number of rotatable bonds is 4. The zero-order chi connectivity index (χ0) is 34.3. The molecule has 5 nitrogen and oxygen atoms in total. The highest BCUT2D eigenvalue weighted by Crippen LogP contribution is 2.37. The Balaban J connectivity index is 1.30. The van der Waals surface area contributed by atoms with Crippen molar-refractivity contribution < 1.29 is 4.42 Å². The van der Waals surface area contributed by atoms with E-state index in [1.54, 1.807) is 0 Å². The fourth-order valence-corrected chi connectivity index (χ4v) is 7.74. The van der Waals surface area contributed by atoms with Crippen molar-refractivity contribution in [1.82, 2.24) is 19.5 Å². The van der Waals surface area contributed by atoms with Gasteiger partial charge in [-0.1, -0.05) is 118 Å². The van der Waals surface area contributed by atoms with Crippen LogP contribution >= 0.6 is 0 Å². The third-order valence-corrected chi connectivity index (χ3v) is 10.4. The van der Waals surface area contributed by atoms with Gasteiger partial charge in [-0.05, 0) is 35.0 Å². The summed E-state index contributed by atoms with van der Waals surface area (Å²) < 4.78 is 9.16. The summed E-state index contributed by atoms with van der Waals surface area (Å²) in [5.41, 5.74) is 15.8. The molecule has 9 rings (SSSR count). The summed E-state index contributed by atoms with van der Waals surface area (Å²) in [5.74, 6) is 1.82. The SMILES string of the molecule is Bc1cc(B)c2c(c1B)c1c(B)c(B)cc(B)c1n2-c1ccc2oc3c(-c4nc(-c5ccccc5)nc(-c5ccccc5)n4)cccc3c2c1. The molecule has 0 saturated carbocycles. The predicted molar refractivity (Wildman–Crippen MR) is 227 cm³/mol. The van der Waals surface area contributed by atoms with Gasteiger partial charge in [0.2, 0.25) is 0 Å². The minimum Gasteiger partial charge on any atom is -0.455 e. The van der Waals surface area contributed by atoms with Gasteiger partial charge in [-0.25, -0.2) is 15.0 Å². The standard InChI is InChI=1S/C39H30B6N4O/c40-25-17-27(42)34-30(32(25)44)31-33(45)26(41)18-28(43)35(31)49(34)21-14-15-29-24(16-21)22-12-7-13-23(36(22)50-29)39-47-37(19-8-3-1-4-9-19)46-38(48-39)20-10-5-2-6-11-20/h1-18H,40-45H2. The topological polar surface area (TPSA) is 56.7 Å². The number of hydrogen-bond acceptors (Lipinski definition) is 4. The van der Waals surface area contributed by atoms with Gasteiger partial charge in [-0.2, -0.15) is 0 Å². The summed E-state index contributed by atoms with van der Waals surface area (Å²) >= 11 is 0. The molecule has 0 atom stereocenters. The minimum absolute atomic E-state index is 0.577. The first-order chi connectivity index (χ1) is 24.3. The largest absolute Gasteiger partial charge is 0.455 e. The van der Waals surface area contributed by atoms with Crippen LogP contribution in [-0.4, -0.2) is 66.6 Å². The first-order valence-corrected chi connectivity index (χ1v) is 17.1. The van der Waals surface area contributed by atoms with Gasteiger partial charge in [0.25, 0.3) is 0 Å². The van der Waals surface area contributed by atoms with Crippen molar-refractivity contribution in [1.29, 1.82) is 0 Å². The normalized spacial score (nSPS) is 11.7. The zero-order valence-electron chi connectivity index (χ0n) is 29.1. The van der Waals surface area contributed by atoms with Gasteiger partial charge in [-0.3, -0.25) is 0 Å². The number of fused-ring (bicyclic) bond motifs is 6. The third kappa shape index (κ3) is 4.60. The monoisotopic (exact) mass is 636 g/mol. The molecule has 11 heteroatoms. The lowest BCUT2D eigenvalue weighted by molar-refractivity contribution is 0.669. The molecular weight excluding hydrogens is 605 g/mol. The summed E-state index contributed by atoms with van der Waals surface area (Å²) in [5, 5.41) is 4.77. The molecule has 0 saturated heterocycles. The highest BCUT2D eigenvalue weighted by Gasteiger charge is 2.22. The number of hydrogen-bond donors (Lipinski definition) is 0. The fraction of sp³-hybridized carbons (Fsp3) is 0. The highest BCUT2D eigenvalue weighted by atomic mass is 16.3. The molecule has 0 aliphatic heterocycles. The summed E-state index contributed by atoms with van der Waals surface area (Å²) in [6.07, 6.45) is 0. The van der Waals surface area contributed by atoms with Gasteiger partial charge < -0.3 is 8.98 Å². The van der Waals surface area contributed by atoms with Crippen LogP contribution in [0.4, 0.5) is 0 Å². The summed E-state index contributed by atoms with van der Waals surface area (Å²) in [6, 6.07) is 37.6. The van der Waals surface area contributed by atoms with Crippen molar-refractivity contribution in [2.75, 3.05) is 0 Å². The van der Waals surface area contributed by atoms with Crippen LogP contribution in [0.3, 0.4) is 0 Å². The molecule has 0 amide bonds. The predicted octanol–water partition coefficient (Wildman–Crippen LogP) is -0.580. The molecule has 6 aromatic carbocycles. The molecule has 230 valence electrons. The number of nitrogens with zero attached hydrogens (tertiary/aromatic N) is 4. The van der Waals surface area contributed by atoms with Gasteiger partial charge in [0.15, 0.2) is 17.5 Å². The van der Waals surface area contributed by atoms with E-state index in [0.29, 0.717) is 17.5 Å². The van der Waals surface area contributed by atoms with Crippen molar-refractivity contribution in [3.63, 3.8) is 0 Å². The smallest absolute Gasteiger partial charge is 0.167 e. The van der Waals surface area contributed by atoms with Crippen LogP contribution in [0.25, 0.3) is 83.6 Å². The molecule has 0 radical (unpaired) electrons. The van der Waals surface area contributed by atoms with Crippen molar-refractivity contribution in [2.45, 2.75) is 0 Å². The van der Waals surface area contributed by atoms with Crippen molar-refractivity contribution in [2.24, 2.45) is 0 Å². The molecule has 9 aromatic rings. The molecule has 0 bridgehead atoms. The Morgan fingerprint density at radius 1 is 0.480 bits per heavy atom. The second kappa shape index (κ2) is 11.4. The zero-order valence-corrected chi connectivity index (χ0v) is 29.1. The Hall–Kier alpha value is -5.68. The fourth-order valence-electron chi connectivity index (χ4n) is 7.74. The first-order valence-electron chi connectivity index (χ1n) is 17.1. The Bertz CT molecular complexity index is 2700. The number of aromatic nitrogens is 4. The second-order valence-corrected chi connectivity index (χ2v) is 13.6. The average molecular weight is 636 g/mol. The highest BCUT2D eigenvalue weighted by molar-refractivity contribution is 6.62. The molecule has 3 aromatic heterocycles. The minimum atomic E-state index is 0.577. The molecule has 3 heterocycles. The number of para-hydroxylation sites is 1. The lowest BCUT2D eigenvalue weighted by Crippen LogP contribution is -2.33. The van der Waals surface area contributed by atoms with Crippen LogP contribution in [0.15, 0.2) is 114 Å². The summed E-state index contributed by atoms with van der Waals surface area (Å²) in [7, 11) is 13.5. The van der Waals surface area contributed by atoms with E-state index in [4.69, 9.17) is 19.4 Å². The van der Waals surface area contributed by atoms with E-state index in [2.05, 4.69) is 94.1 Å². The van der Waals surface area contributed by atoms with E-state index in [0.717, 1.165) is 44.3 Å². The molecule has 0 aliphatic carbocycles. The molecule has 0 fully saturated rings. The summed E-state index contributed by atoms with van der Waals surface area (Å²) in [6.45, 7) is 0. The van der Waals surface area contributed by atoms with Gasteiger partial charge >= 0.3 is 0 Å². The molecule has 0 spiro atoms. The molecule has 0 N–H and O–H groups in total. The van der Waals surface area contributed by atoms with Gasteiger partial charge in [0, 0.05) is 38.6 Å². The molecule has 50 heavy (non-hydrogen) atoms. The first kappa shape index (κ1) is 30.4. The van der Waals surface area contributed by atoms with Gasteiger partial charge in [0.1, 0.15) is 58.2 Å². The van der Waals surface area contributed by atoms with Gasteiger partial charge in [0.05, 0.1) is 5.56 Å². The van der Waals surface area contributed by atoms with Crippen molar-refractivity contribution in [3.05, 3.63) is 109 Å². The number of benzene rings is 6. The van der Waals surface area contributed by atoms with E-state index in [9.17, 15) is 0 Å². The Morgan fingerprint density at radius 3 is 1.58 bits per heavy atom. The van der Waals surface area contributed by atoms with Crippen LogP contribution in [0.5, 0.6) is 0 Å². The van der Waals surface area contributed by atoms with E-state index in [1.165, 1.54) is 54.6 Å². The van der Waals surface area contributed by atoms with E-state index in [-0.39, 0.29) is 0 Å². The van der Waals surface area contributed by atoms with Crippen LogP contribution in [0.2, 0.25) is 0 Å². The van der Waals surface area contributed by atoms with Crippen LogP contribution in [0.1, 0.15) is 0 Å². The van der Waals surface area contributed by atoms with Crippen LogP contribution < -0.4 is 32.8 Å². The van der Waals surface area contributed by atoms with Crippen LogP contribution in [0, 0.1) is 0 Å². The van der Waals surface area contributed by atoms with E-state index in [1.807, 2.05) is 66.7 Å². The quantitative estimate of drug-likeness (QED) is 0.243. The maximum Gasteiger partial charge on any atom is 0.167 e. The van der Waals surface area contributed by atoms with Crippen molar-refractivity contribution >= 4 is 124 Å². The Kier molecular flexibility index (Phi) is 6.96. The number of furan rings is 1. The Labute approximate surface area is 295 Å². The van der Waals surface area contributed by atoms with E-state index >= 15 is 0 Å². The van der Waals surface area contributed by atoms with Crippen LogP contribution in [-0.2, 0) is 0 Å². The maximum absolute atomic E-state index is 6.68. The summed E-state index contributed by atoms with van der Waals surface area (Å²) in [4.78, 5) is 14.9. The van der Waals surface area contributed by atoms with Gasteiger partial charge in [-0.15, -0.1) is 0 Å². The third-order valence-electron chi connectivity index (χ3n) is 10.4. The average Bonchev–Trinajstić information content (AvgIpc) is 3.71. The lowest BCUT2D eigenvalue weighted by atomic mass is 9.71. The molecule has 0 aliphatic rings.